The summed E-state index contributed by atoms with van der Waals surface area (Å²) in [5.41, 5.74) is 0.805. The van der Waals surface area contributed by atoms with Gasteiger partial charge in [0, 0.05) is 38.5 Å². The van der Waals surface area contributed by atoms with Crippen molar-refractivity contribution in [1.29, 1.82) is 0 Å². The number of allylic oxidation sites excluding steroid dienone is 1. The first-order valence-electron chi connectivity index (χ1n) is 9.25. The minimum absolute atomic E-state index is 0.0654. The molecular weight excluding hydrogens is 298 g/mol. The van der Waals surface area contributed by atoms with Gasteiger partial charge in [-0.1, -0.05) is 68.9 Å². The van der Waals surface area contributed by atoms with Crippen LogP contribution in [0.15, 0.2) is 29.3 Å². The normalized spacial score (nSPS) is 14.2. The lowest BCUT2D eigenvalue weighted by Crippen LogP contribution is -2.37. The average molecular weight is 340 g/mol. The molecule has 0 spiro atoms. The number of ketones is 1. The quantitative estimate of drug-likeness (QED) is 0.477. The third-order valence-corrected chi connectivity index (χ3v) is 3.53. The maximum Gasteiger partial charge on any atom is 0.160 e. The van der Waals surface area contributed by atoms with E-state index >= 15 is 0 Å². The fourth-order valence-corrected chi connectivity index (χ4v) is 2.04. The lowest BCUT2D eigenvalue weighted by Gasteiger charge is -2.38. The molecule has 0 radical (unpaired) electrons. The zero-order chi connectivity index (χ0) is 19.9. The third kappa shape index (κ3) is 8.32. The molecule has 0 aromatic heterocycles. The van der Waals surface area contributed by atoms with Gasteiger partial charge in [-0.05, 0) is 11.8 Å². The lowest BCUT2D eigenvalue weighted by molar-refractivity contribution is -0.116. The van der Waals surface area contributed by atoms with E-state index in [1.165, 1.54) is 0 Å². The molecule has 4 heteroatoms. The van der Waals surface area contributed by atoms with Crippen molar-refractivity contribution in [2.45, 2.75) is 75.2 Å². The summed E-state index contributed by atoms with van der Waals surface area (Å²) in [4.78, 5) is 14.0. The highest BCUT2D eigenvalue weighted by atomic mass is 16.1. The molecule has 0 amide bonds. The van der Waals surface area contributed by atoms with E-state index in [9.17, 15) is 4.79 Å². The zero-order valence-corrected chi connectivity index (χ0v) is 17.9. The molecule has 142 valence electrons. The predicted molar refractivity (Wildman–Crippen MR) is 109 cm³/mol. The van der Waals surface area contributed by atoms with Gasteiger partial charge in [0.05, 0.1) is 0 Å². The highest BCUT2D eigenvalue weighted by molar-refractivity contribution is 5.96. The Morgan fingerprint density at radius 2 is 1.71 bits per heavy atom. The number of rotatable bonds is 5. The summed E-state index contributed by atoms with van der Waals surface area (Å²) >= 11 is 0. The first-order chi connectivity index (χ1) is 11.3. The Bertz CT molecular complexity index is 398. The standard InChI is InChI=1S/C14H23N3O.3C2H6/c1-7-13(18)12-10-17(9-8-14(12,3)4)11(2)16(6)15-5;3*1-2/h10H,2,5,7-9H2,1,3-4,6H3;3*1-2H3. The van der Waals surface area contributed by atoms with Crippen LogP contribution in [0, 0.1) is 5.41 Å². The second-order valence-electron chi connectivity index (χ2n) is 5.23. The maximum atomic E-state index is 12.0. The highest BCUT2D eigenvalue weighted by Gasteiger charge is 2.32. The van der Waals surface area contributed by atoms with Crippen LogP contribution in [0.25, 0.3) is 0 Å². The van der Waals surface area contributed by atoms with E-state index in [2.05, 4.69) is 32.2 Å². The fourth-order valence-electron chi connectivity index (χ4n) is 2.04. The van der Waals surface area contributed by atoms with Crippen LogP contribution < -0.4 is 0 Å². The van der Waals surface area contributed by atoms with Gasteiger partial charge in [0.1, 0.15) is 5.82 Å². The van der Waals surface area contributed by atoms with E-state index < -0.39 is 0 Å². The Balaban J connectivity index is -0.000000659. The van der Waals surface area contributed by atoms with Crippen molar-refractivity contribution in [2.75, 3.05) is 13.6 Å². The molecule has 1 rings (SSSR count). The molecule has 4 nitrogen and oxygen atoms in total. The first-order valence-corrected chi connectivity index (χ1v) is 9.25. The number of hydrazone groups is 1. The van der Waals surface area contributed by atoms with Gasteiger partial charge in [-0.3, -0.25) is 9.80 Å². The number of nitrogens with zero attached hydrogens (tertiary/aromatic N) is 3. The molecule has 1 aliphatic rings. The SMILES string of the molecule is C=NN(C)C(=C)N1C=C(C(=O)CC)C(C)(C)CC1.CC.CC.CC. The van der Waals surface area contributed by atoms with E-state index in [1.807, 2.05) is 59.6 Å². The van der Waals surface area contributed by atoms with Gasteiger partial charge >= 0.3 is 0 Å². The smallest absolute Gasteiger partial charge is 0.160 e. The van der Waals surface area contributed by atoms with Gasteiger partial charge in [0.15, 0.2) is 5.78 Å². The predicted octanol–water partition coefficient (Wildman–Crippen LogP) is 5.68. The monoisotopic (exact) mass is 339 g/mol. The summed E-state index contributed by atoms with van der Waals surface area (Å²) < 4.78 is 0. The minimum atomic E-state index is -0.0654. The van der Waals surface area contributed by atoms with Gasteiger partial charge < -0.3 is 4.90 Å². The number of hydrogen-bond acceptors (Lipinski definition) is 4. The van der Waals surface area contributed by atoms with E-state index in [0.717, 1.165) is 24.4 Å². The van der Waals surface area contributed by atoms with Crippen molar-refractivity contribution in [1.82, 2.24) is 9.91 Å². The van der Waals surface area contributed by atoms with Crippen LogP contribution in [0.1, 0.15) is 75.2 Å². The van der Waals surface area contributed by atoms with E-state index in [4.69, 9.17) is 0 Å². The number of carbonyl (C=O) groups excluding carboxylic acids is 1. The van der Waals surface area contributed by atoms with E-state index in [-0.39, 0.29) is 11.2 Å². The fraction of sp³-hybridized carbons (Fsp3) is 0.700. The third-order valence-electron chi connectivity index (χ3n) is 3.53. The largest absolute Gasteiger partial charge is 0.333 e. The van der Waals surface area contributed by atoms with Crippen LogP contribution >= 0.6 is 0 Å². The molecule has 0 aromatic carbocycles. The van der Waals surface area contributed by atoms with E-state index in [0.29, 0.717) is 6.42 Å². The lowest BCUT2D eigenvalue weighted by atomic mass is 9.77. The molecular formula is C20H41N3O. The van der Waals surface area contributed by atoms with Crippen LogP contribution in [0.3, 0.4) is 0 Å². The molecule has 1 heterocycles. The minimum Gasteiger partial charge on any atom is -0.333 e. The van der Waals surface area contributed by atoms with Crippen molar-refractivity contribution in [3.63, 3.8) is 0 Å². The summed E-state index contributed by atoms with van der Waals surface area (Å²) in [6.45, 7) is 26.4. The van der Waals surface area contributed by atoms with Crippen LogP contribution in [-0.2, 0) is 4.79 Å². The molecule has 0 fully saturated rings. The number of Topliss-reactive ketones (excluding diaryl/α,β-unsaturated/α-hetero) is 1. The molecule has 0 unspecified atom stereocenters. The van der Waals surface area contributed by atoms with Gasteiger partial charge in [0.2, 0.25) is 0 Å². The summed E-state index contributed by atoms with van der Waals surface area (Å²) in [6.07, 6.45) is 3.37. The molecule has 0 aromatic rings. The highest BCUT2D eigenvalue weighted by Crippen LogP contribution is 2.36. The molecule has 0 atom stereocenters. The zero-order valence-electron chi connectivity index (χ0n) is 17.9. The van der Waals surface area contributed by atoms with Crippen molar-refractivity contribution in [3.05, 3.63) is 24.2 Å². The van der Waals surface area contributed by atoms with Crippen molar-refractivity contribution >= 4 is 12.5 Å². The molecule has 0 saturated heterocycles. The molecule has 1 aliphatic heterocycles. The Hall–Kier alpha value is -1.58. The van der Waals surface area contributed by atoms with Gasteiger partial charge in [0.25, 0.3) is 0 Å². The Morgan fingerprint density at radius 3 is 2.08 bits per heavy atom. The van der Waals surface area contributed by atoms with Crippen LogP contribution in [0.2, 0.25) is 0 Å². The van der Waals surface area contributed by atoms with Crippen molar-refractivity contribution < 1.29 is 4.79 Å². The van der Waals surface area contributed by atoms with Gasteiger partial charge in [-0.2, -0.15) is 5.10 Å². The Labute approximate surface area is 151 Å². The number of hydrogen-bond donors (Lipinski definition) is 0. The summed E-state index contributed by atoms with van der Waals surface area (Å²) in [5.74, 6) is 0.939. The molecule has 24 heavy (non-hydrogen) atoms. The van der Waals surface area contributed by atoms with Gasteiger partial charge in [-0.15, -0.1) is 0 Å². The van der Waals surface area contributed by atoms with Crippen LogP contribution in [-0.4, -0.2) is 36.0 Å². The summed E-state index contributed by atoms with van der Waals surface area (Å²) in [5, 5.41) is 5.43. The van der Waals surface area contributed by atoms with E-state index in [1.54, 1.807) is 12.1 Å². The Kier molecular flexibility index (Phi) is 17.0. The summed E-state index contributed by atoms with van der Waals surface area (Å²) in [6, 6.07) is 0. The maximum absolute atomic E-state index is 12.0. The molecule has 0 aliphatic carbocycles. The number of carbonyl (C=O) groups is 1. The second-order valence-corrected chi connectivity index (χ2v) is 5.23. The second kappa shape index (κ2) is 15.0. The molecule has 0 N–H and O–H groups in total. The average Bonchev–Trinajstić information content (AvgIpc) is 2.64. The van der Waals surface area contributed by atoms with Crippen LogP contribution in [0.4, 0.5) is 0 Å². The van der Waals surface area contributed by atoms with Gasteiger partial charge in [-0.25, -0.2) is 0 Å². The summed E-state index contributed by atoms with van der Waals surface area (Å²) in [7, 11) is 1.80. The van der Waals surface area contributed by atoms with Crippen molar-refractivity contribution in [2.24, 2.45) is 10.5 Å². The van der Waals surface area contributed by atoms with Crippen molar-refractivity contribution in [3.8, 4) is 0 Å². The Morgan fingerprint density at radius 1 is 1.25 bits per heavy atom. The van der Waals surface area contributed by atoms with Crippen LogP contribution in [0.5, 0.6) is 0 Å². The molecule has 0 saturated carbocycles. The topological polar surface area (TPSA) is 35.9 Å². The first kappa shape index (κ1) is 27.3. The molecule has 0 bridgehead atoms.